The third-order valence-corrected chi connectivity index (χ3v) is 3.29. The van der Waals surface area contributed by atoms with E-state index in [0.717, 1.165) is 0 Å². The van der Waals surface area contributed by atoms with Gasteiger partial charge in [-0.05, 0) is 46.6 Å². The molecular weight excluding hydrogens is 372 g/mol. The number of rotatable bonds is 6. The molecule has 0 saturated carbocycles. The average molecular weight is 384 g/mol. The van der Waals surface area contributed by atoms with Crippen molar-refractivity contribution < 1.29 is 29.0 Å². The molecule has 0 unspecified atom stereocenters. The minimum atomic E-state index is -1.36. The van der Waals surface area contributed by atoms with Gasteiger partial charge in [0.15, 0.2) is 11.5 Å². The predicted octanol–water partition coefficient (Wildman–Crippen LogP) is 0.157. The van der Waals surface area contributed by atoms with Crippen molar-refractivity contribution in [1.29, 1.82) is 0 Å². The number of nitrogens with one attached hydrogen (secondary N) is 2. The summed E-state index contributed by atoms with van der Waals surface area (Å²) in [6, 6.07) is 2.56. The molecule has 2 N–H and O–H groups in total. The van der Waals surface area contributed by atoms with Gasteiger partial charge in [0.1, 0.15) is 12.3 Å². The molecule has 0 radical (unpaired) electrons. The number of ether oxygens (including phenoxy) is 2. The van der Waals surface area contributed by atoms with Crippen LogP contribution >= 0.6 is 15.9 Å². The van der Waals surface area contributed by atoms with Gasteiger partial charge >= 0.3 is 6.03 Å². The minimum absolute atomic E-state index is 0.0905. The largest absolute Gasteiger partial charge is 0.546 e. The van der Waals surface area contributed by atoms with Gasteiger partial charge in [0.05, 0.1) is 17.0 Å². The number of hydrogen-bond acceptors (Lipinski definition) is 6. The summed E-state index contributed by atoms with van der Waals surface area (Å²) in [6.07, 6.45) is 1.45. The third kappa shape index (κ3) is 4.22. The number of aliphatic carboxylic acids is 1. The number of carboxylic acids is 1. The molecule has 0 atom stereocenters. The van der Waals surface area contributed by atoms with Crippen molar-refractivity contribution in [3.8, 4) is 11.5 Å². The lowest BCUT2D eigenvalue weighted by atomic mass is 10.1. The molecule has 1 aromatic carbocycles. The van der Waals surface area contributed by atoms with Gasteiger partial charge in [0, 0.05) is 0 Å². The van der Waals surface area contributed by atoms with E-state index in [0.29, 0.717) is 22.4 Å². The van der Waals surface area contributed by atoms with Crippen molar-refractivity contribution in [1.82, 2.24) is 10.6 Å². The number of benzene rings is 1. The van der Waals surface area contributed by atoms with Gasteiger partial charge in [-0.3, -0.25) is 10.1 Å². The van der Waals surface area contributed by atoms with Crippen molar-refractivity contribution in [2.75, 3.05) is 13.2 Å². The van der Waals surface area contributed by atoms with E-state index < -0.39 is 24.5 Å². The van der Waals surface area contributed by atoms with E-state index in [1.165, 1.54) is 6.08 Å². The Hall–Kier alpha value is -2.55. The van der Waals surface area contributed by atoms with E-state index in [1.54, 1.807) is 19.1 Å². The number of carbonyl (C=O) groups is 3. The molecule has 1 aromatic rings. The molecule has 1 heterocycles. The molecule has 0 spiro atoms. The van der Waals surface area contributed by atoms with Crippen LogP contribution in [-0.2, 0) is 9.59 Å². The first kappa shape index (κ1) is 16.8. The first-order valence-corrected chi connectivity index (χ1v) is 7.33. The van der Waals surface area contributed by atoms with Crippen molar-refractivity contribution in [3.05, 3.63) is 27.9 Å². The maximum Gasteiger partial charge on any atom is 0.326 e. The summed E-state index contributed by atoms with van der Waals surface area (Å²) < 4.78 is 11.0. The molecule has 1 fully saturated rings. The van der Waals surface area contributed by atoms with Crippen LogP contribution in [0.2, 0.25) is 0 Å². The highest BCUT2D eigenvalue weighted by molar-refractivity contribution is 9.10. The standard InChI is InChI=1S/C14H13BrN2O6/c1-2-22-10-5-7(4-9-13(20)17-14(21)16-9)3-8(15)12(10)23-6-11(18)19/h3-5H,2,6H2,1H3,(H,18,19)(H2,16,17,20,21)/p-1/b9-4+. The van der Waals surface area contributed by atoms with Crippen LogP contribution in [0.5, 0.6) is 11.5 Å². The van der Waals surface area contributed by atoms with Gasteiger partial charge in [0.2, 0.25) is 0 Å². The van der Waals surface area contributed by atoms with Gasteiger partial charge in [-0.1, -0.05) is 0 Å². The predicted molar refractivity (Wildman–Crippen MR) is 80.5 cm³/mol. The van der Waals surface area contributed by atoms with Crippen molar-refractivity contribution in [2.45, 2.75) is 6.92 Å². The fourth-order valence-electron chi connectivity index (χ4n) is 1.85. The van der Waals surface area contributed by atoms with Gasteiger partial charge in [0.25, 0.3) is 5.91 Å². The SMILES string of the molecule is CCOc1cc(/C=C2/NC(=O)NC2=O)cc(Br)c1OCC(=O)[O-]. The molecule has 0 aromatic heterocycles. The molecule has 1 aliphatic rings. The molecule has 122 valence electrons. The van der Waals surface area contributed by atoms with Gasteiger partial charge in [-0.15, -0.1) is 0 Å². The Morgan fingerprint density at radius 1 is 1.30 bits per heavy atom. The van der Waals surface area contributed by atoms with E-state index in [2.05, 4.69) is 26.6 Å². The zero-order valence-electron chi connectivity index (χ0n) is 12.0. The Morgan fingerprint density at radius 2 is 2.04 bits per heavy atom. The van der Waals surface area contributed by atoms with E-state index in [-0.39, 0.29) is 11.4 Å². The van der Waals surface area contributed by atoms with Crippen LogP contribution in [0.15, 0.2) is 22.3 Å². The fourth-order valence-corrected chi connectivity index (χ4v) is 2.43. The van der Waals surface area contributed by atoms with Crippen LogP contribution < -0.4 is 25.2 Å². The lowest BCUT2D eigenvalue weighted by Gasteiger charge is -2.15. The maximum atomic E-state index is 11.5. The second-order valence-corrected chi connectivity index (χ2v) is 5.24. The summed E-state index contributed by atoms with van der Waals surface area (Å²) in [4.78, 5) is 33.2. The quantitative estimate of drug-likeness (QED) is 0.533. The number of carbonyl (C=O) groups excluding carboxylic acids is 3. The summed E-state index contributed by atoms with van der Waals surface area (Å²) >= 11 is 3.26. The topological polar surface area (TPSA) is 117 Å². The van der Waals surface area contributed by atoms with Crippen LogP contribution in [0.25, 0.3) is 6.08 Å². The normalized spacial score (nSPS) is 15.3. The van der Waals surface area contributed by atoms with Gasteiger partial charge in [-0.25, -0.2) is 4.79 Å². The maximum absolute atomic E-state index is 11.5. The van der Waals surface area contributed by atoms with E-state index in [9.17, 15) is 19.5 Å². The summed E-state index contributed by atoms with van der Waals surface area (Å²) in [5, 5.41) is 15.0. The van der Waals surface area contributed by atoms with Gasteiger partial charge in [-0.2, -0.15) is 0 Å². The Bertz CT molecular complexity index is 701. The van der Waals surface area contributed by atoms with Crippen LogP contribution in [0.4, 0.5) is 4.79 Å². The molecule has 1 saturated heterocycles. The molecular formula is C14H12BrN2O6-. The number of urea groups is 1. The zero-order chi connectivity index (χ0) is 17.0. The summed E-state index contributed by atoms with van der Waals surface area (Å²) in [6.45, 7) is 1.45. The fraction of sp³-hybridized carbons (Fsp3) is 0.214. The van der Waals surface area contributed by atoms with E-state index in [4.69, 9.17) is 9.47 Å². The van der Waals surface area contributed by atoms with Crippen molar-refractivity contribution in [2.24, 2.45) is 0 Å². The molecule has 0 aliphatic carbocycles. The smallest absolute Gasteiger partial charge is 0.326 e. The molecule has 23 heavy (non-hydrogen) atoms. The Morgan fingerprint density at radius 3 is 2.61 bits per heavy atom. The zero-order valence-corrected chi connectivity index (χ0v) is 13.6. The van der Waals surface area contributed by atoms with Crippen LogP contribution in [0.3, 0.4) is 0 Å². The average Bonchev–Trinajstić information content (AvgIpc) is 2.76. The monoisotopic (exact) mass is 383 g/mol. The van der Waals surface area contributed by atoms with Crippen LogP contribution in [0, 0.1) is 0 Å². The molecule has 0 bridgehead atoms. The number of hydrogen-bond donors (Lipinski definition) is 2. The van der Waals surface area contributed by atoms with Crippen molar-refractivity contribution >= 4 is 39.9 Å². The minimum Gasteiger partial charge on any atom is -0.546 e. The molecule has 1 aliphatic heterocycles. The molecule has 2 rings (SSSR count). The lowest BCUT2D eigenvalue weighted by Crippen LogP contribution is -2.29. The third-order valence-electron chi connectivity index (χ3n) is 2.70. The Kier molecular flexibility index (Phi) is 5.22. The van der Waals surface area contributed by atoms with E-state index in [1.807, 2.05) is 0 Å². The summed E-state index contributed by atoms with van der Waals surface area (Å²) in [5.41, 5.74) is 0.640. The summed E-state index contributed by atoms with van der Waals surface area (Å²) in [5.74, 6) is -1.41. The number of amides is 3. The first-order chi connectivity index (χ1) is 10.9. The Labute approximate surface area is 139 Å². The molecule has 3 amide bonds. The second kappa shape index (κ2) is 7.14. The first-order valence-electron chi connectivity index (χ1n) is 6.53. The second-order valence-electron chi connectivity index (χ2n) is 4.39. The summed E-state index contributed by atoms with van der Waals surface area (Å²) in [7, 11) is 0. The van der Waals surface area contributed by atoms with Crippen LogP contribution in [0.1, 0.15) is 12.5 Å². The molecule has 8 nitrogen and oxygen atoms in total. The van der Waals surface area contributed by atoms with Crippen molar-refractivity contribution in [3.63, 3.8) is 0 Å². The highest BCUT2D eigenvalue weighted by Gasteiger charge is 2.23. The Balaban J connectivity index is 2.35. The van der Waals surface area contributed by atoms with Crippen LogP contribution in [-0.4, -0.2) is 31.1 Å². The number of imide groups is 1. The van der Waals surface area contributed by atoms with Gasteiger partial charge < -0.3 is 24.7 Å². The van der Waals surface area contributed by atoms with E-state index >= 15 is 0 Å². The highest BCUT2D eigenvalue weighted by Crippen LogP contribution is 2.37. The molecule has 9 heteroatoms. The number of halogens is 1. The lowest BCUT2D eigenvalue weighted by molar-refractivity contribution is -0.307. The number of carboxylic acid groups (broad SMARTS) is 1. The highest BCUT2D eigenvalue weighted by atomic mass is 79.9.